The first kappa shape index (κ1) is 69.2. The van der Waals surface area contributed by atoms with E-state index < -0.39 is 32.5 Å². The Morgan fingerprint density at radius 2 is 0.753 bits per heavy atom. The number of ether oxygens (including phenoxy) is 2. The molecule has 414 valence electrons. The predicted molar refractivity (Wildman–Crippen MR) is 311 cm³/mol. The van der Waals surface area contributed by atoms with Crippen molar-refractivity contribution < 1.29 is 37.6 Å². The largest absolute Gasteiger partial charge is 0.472 e. The molecule has 0 aliphatic rings. The van der Waals surface area contributed by atoms with Crippen molar-refractivity contribution in [3.05, 3.63) is 134 Å². The maximum Gasteiger partial charge on any atom is 0.472 e. The first-order valence-corrected chi connectivity index (χ1v) is 30.2. The van der Waals surface area contributed by atoms with Crippen LogP contribution in [-0.4, -0.2) is 49.3 Å². The fourth-order valence-electron chi connectivity index (χ4n) is 7.29. The SMILES string of the molecule is CC/C=C\C/C=C\C/C=C\C/C=C\C/C=C\C/C=C\C/C=C\C/C=C\C/C=C\C/C=C\CCCCCCCCCCCCC(=O)OC(COC(=O)CCCCCCC/C=C\CCCC)COP(=O)(O)OCCN. The highest BCUT2D eigenvalue weighted by Gasteiger charge is 2.26. The highest BCUT2D eigenvalue weighted by molar-refractivity contribution is 7.47. The van der Waals surface area contributed by atoms with Gasteiger partial charge in [-0.3, -0.25) is 18.6 Å². The monoisotopic (exact) mass is 1030 g/mol. The number of unbranched alkanes of at least 4 members (excludes halogenated alkanes) is 17. The molecule has 0 bridgehead atoms. The molecule has 0 rings (SSSR count). The number of nitrogens with two attached hydrogens (primary N) is 1. The van der Waals surface area contributed by atoms with Crippen LogP contribution in [0.5, 0.6) is 0 Å². The van der Waals surface area contributed by atoms with Crippen LogP contribution in [0.1, 0.15) is 219 Å². The number of carbonyl (C=O) groups is 2. The zero-order valence-electron chi connectivity index (χ0n) is 46.1. The van der Waals surface area contributed by atoms with Crippen LogP contribution >= 0.6 is 7.82 Å². The summed E-state index contributed by atoms with van der Waals surface area (Å²) in [6, 6.07) is 0. The lowest BCUT2D eigenvalue weighted by Gasteiger charge is -2.19. The molecule has 0 spiro atoms. The Morgan fingerprint density at radius 1 is 0.425 bits per heavy atom. The van der Waals surface area contributed by atoms with Crippen molar-refractivity contribution in [1.82, 2.24) is 0 Å². The Bertz CT molecular complexity index is 1650. The van der Waals surface area contributed by atoms with Crippen LogP contribution in [0.3, 0.4) is 0 Å². The van der Waals surface area contributed by atoms with Gasteiger partial charge in [-0.15, -0.1) is 0 Å². The van der Waals surface area contributed by atoms with E-state index >= 15 is 0 Å². The fraction of sp³-hybridized carbons (Fsp3) is 0.619. The number of hydrogen-bond acceptors (Lipinski definition) is 8. The van der Waals surface area contributed by atoms with E-state index in [4.69, 9.17) is 24.3 Å². The number of phosphoric ester groups is 1. The second-order valence-electron chi connectivity index (χ2n) is 18.4. The van der Waals surface area contributed by atoms with E-state index in [-0.39, 0.29) is 32.6 Å². The van der Waals surface area contributed by atoms with Gasteiger partial charge in [-0.05, 0) is 109 Å². The van der Waals surface area contributed by atoms with Crippen LogP contribution in [0, 0.1) is 0 Å². The molecule has 0 radical (unpaired) electrons. The number of allylic oxidation sites excluding steroid dienone is 22. The van der Waals surface area contributed by atoms with Gasteiger partial charge in [-0.2, -0.15) is 0 Å². The molecule has 0 aliphatic carbocycles. The van der Waals surface area contributed by atoms with Crippen LogP contribution in [0.4, 0.5) is 0 Å². The van der Waals surface area contributed by atoms with Gasteiger partial charge in [0.25, 0.3) is 0 Å². The third kappa shape index (κ3) is 57.3. The molecule has 0 aliphatic heterocycles. The van der Waals surface area contributed by atoms with E-state index in [1.54, 1.807) is 0 Å². The highest BCUT2D eigenvalue weighted by Crippen LogP contribution is 2.43. The zero-order valence-corrected chi connectivity index (χ0v) is 47.0. The first-order chi connectivity index (χ1) is 35.8. The maximum atomic E-state index is 12.7. The van der Waals surface area contributed by atoms with Crippen LogP contribution in [0.25, 0.3) is 0 Å². The minimum atomic E-state index is -4.39. The topological polar surface area (TPSA) is 134 Å². The van der Waals surface area contributed by atoms with Crippen molar-refractivity contribution >= 4 is 19.8 Å². The van der Waals surface area contributed by atoms with Gasteiger partial charge in [-0.1, -0.05) is 231 Å². The molecule has 73 heavy (non-hydrogen) atoms. The summed E-state index contributed by atoms with van der Waals surface area (Å²) in [6.45, 7) is 3.55. The van der Waals surface area contributed by atoms with E-state index in [0.29, 0.717) is 12.8 Å². The fourth-order valence-corrected chi connectivity index (χ4v) is 8.06. The van der Waals surface area contributed by atoms with Gasteiger partial charge in [0.1, 0.15) is 6.61 Å². The molecule has 3 N–H and O–H groups in total. The van der Waals surface area contributed by atoms with Crippen molar-refractivity contribution in [1.29, 1.82) is 0 Å². The third-order valence-corrected chi connectivity index (χ3v) is 12.5. The lowest BCUT2D eigenvalue weighted by molar-refractivity contribution is -0.161. The quantitative estimate of drug-likeness (QED) is 0.0264. The van der Waals surface area contributed by atoms with Gasteiger partial charge >= 0.3 is 19.8 Å². The molecule has 9 nitrogen and oxygen atoms in total. The van der Waals surface area contributed by atoms with Gasteiger partial charge in [0, 0.05) is 19.4 Å². The van der Waals surface area contributed by atoms with Gasteiger partial charge in [0.05, 0.1) is 13.2 Å². The molecule has 0 amide bonds. The van der Waals surface area contributed by atoms with E-state index in [9.17, 15) is 19.0 Å². The Hall–Kier alpha value is -3.85. The molecule has 10 heteroatoms. The minimum absolute atomic E-state index is 0.0461. The molecule has 0 fully saturated rings. The van der Waals surface area contributed by atoms with Crippen molar-refractivity contribution in [2.24, 2.45) is 5.73 Å². The summed E-state index contributed by atoms with van der Waals surface area (Å²) in [5.74, 6) is -0.853. The Kier molecular flexibility index (Phi) is 54.4. The molecular formula is C63H104NO8P. The summed E-state index contributed by atoms with van der Waals surface area (Å²) >= 11 is 0. The second-order valence-corrected chi connectivity index (χ2v) is 19.9. The van der Waals surface area contributed by atoms with Crippen molar-refractivity contribution in [2.45, 2.75) is 225 Å². The third-order valence-electron chi connectivity index (χ3n) is 11.5. The summed E-state index contributed by atoms with van der Waals surface area (Å²) in [5.41, 5.74) is 5.36. The maximum absolute atomic E-state index is 12.7. The van der Waals surface area contributed by atoms with Crippen molar-refractivity contribution in [2.75, 3.05) is 26.4 Å². The lowest BCUT2D eigenvalue weighted by Crippen LogP contribution is -2.29. The average molecular weight is 1030 g/mol. The summed E-state index contributed by atoms with van der Waals surface area (Å²) < 4.78 is 32.9. The van der Waals surface area contributed by atoms with E-state index in [1.807, 2.05) is 0 Å². The van der Waals surface area contributed by atoms with E-state index in [2.05, 4.69) is 148 Å². The normalized spacial score (nSPS) is 14.1. The number of rotatable bonds is 52. The lowest BCUT2D eigenvalue weighted by atomic mass is 10.0. The Balaban J connectivity index is 3.93. The molecule has 0 aromatic carbocycles. The number of esters is 2. The van der Waals surface area contributed by atoms with Crippen LogP contribution in [-0.2, 0) is 32.7 Å². The number of phosphoric acid groups is 1. The summed E-state index contributed by atoms with van der Waals surface area (Å²) in [4.78, 5) is 35.0. The van der Waals surface area contributed by atoms with Crippen LogP contribution in [0.2, 0.25) is 0 Å². The van der Waals surface area contributed by atoms with Gasteiger partial charge in [0.15, 0.2) is 6.10 Å². The van der Waals surface area contributed by atoms with Crippen molar-refractivity contribution in [3.63, 3.8) is 0 Å². The van der Waals surface area contributed by atoms with Gasteiger partial charge in [-0.25, -0.2) is 4.57 Å². The molecular weight excluding hydrogens is 930 g/mol. The minimum Gasteiger partial charge on any atom is -0.462 e. The zero-order chi connectivity index (χ0) is 53.1. The molecule has 0 saturated carbocycles. The summed E-state index contributed by atoms with van der Waals surface area (Å²) in [7, 11) is -4.39. The highest BCUT2D eigenvalue weighted by atomic mass is 31.2. The molecule has 2 atom stereocenters. The standard InChI is InChI=1S/C63H104NO8P/c1-3-5-7-9-11-13-15-16-17-18-19-20-21-22-23-24-25-26-27-28-29-30-31-32-33-34-35-36-37-38-39-40-41-42-43-44-46-48-50-52-54-56-63(66)72-61(60-71-73(67,68)70-58-57-64)59-69-62(65)55-53-51-49-47-45-14-12-10-8-6-4-2/h5,7,10-13,16-17,19-20,22-23,25-26,28-29,31-32,34-35,37-38,61H,3-4,6,8-9,14-15,18,21,24,27,30,33,36,39-60,64H2,1-2H3,(H,67,68)/b7-5-,12-10-,13-11-,17-16-,20-19-,23-22-,26-25-,29-28-,32-31-,35-34-,38-37-. The summed E-state index contributed by atoms with van der Waals surface area (Å²) in [5, 5.41) is 0. The average Bonchev–Trinajstić information content (AvgIpc) is 3.38. The first-order valence-electron chi connectivity index (χ1n) is 28.7. The Labute approximate surface area is 446 Å². The smallest absolute Gasteiger partial charge is 0.462 e. The van der Waals surface area contributed by atoms with E-state index in [1.165, 1.54) is 51.4 Å². The second kappa shape index (κ2) is 57.4. The van der Waals surface area contributed by atoms with Gasteiger partial charge in [0.2, 0.25) is 0 Å². The van der Waals surface area contributed by atoms with Crippen LogP contribution < -0.4 is 5.73 Å². The van der Waals surface area contributed by atoms with E-state index in [0.717, 1.165) is 128 Å². The predicted octanol–water partition coefficient (Wildman–Crippen LogP) is 18.2. The molecule has 0 aromatic heterocycles. The Morgan fingerprint density at radius 3 is 1.14 bits per heavy atom. The number of carbonyl (C=O) groups excluding carboxylic acids is 2. The van der Waals surface area contributed by atoms with Gasteiger partial charge < -0.3 is 20.1 Å². The molecule has 2 unspecified atom stereocenters. The molecule has 0 aromatic rings. The van der Waals surface area contributed by atoms with Crippen LogP contribution in [0.15, 0.2) is 134 Å². The summed E-state index contributed by atoms with van der Waals surface area (Å²) in [6.07, 6.45) is 80.9. The van der Waals surface area contributed by atoms with Crippen molar-refractivity contribution in [3.8, 4) is 0 Å². The molecule has 0 saturated heterocycles. The number of hydrogen-bond donors (Lipinski definition) is 2. The molecule has 0 heterocycles.